The number of aromatic carboxylic acids is 1. The van der Waals surface area contributed by atoms with Gasteiger partial charge < -0.3 is 25.5 Å². The van der Waals surface area contributed by atoms with Crippen LogP contribution in [0.2, 0.25) is 0 Å². The van der Waals surface area contributed by atoms with E-state index < -0.39 is 11.6 Å². The number of rotatable bonds is 2. The van der Waals surface area contributed by atoms with Crippen molar-refractivity contribution in [2.24, 2.45) is 0 Å². The first kappa shape index (κ1) is 22.1. The largest absolute Gasteiger partial charge is 1.00 e. The monoisotopic (exact) mass is 383 g/mol. The maximum absolute atomic E-state index is 12.4. The molecule has 0 radical (unpaired) electrons. The number of carbonyl (C=O) groups excluding carboxylic acids is 1. The Morgan fingerprint density at radius 2 is 1.86 bits per heavy atom. The molecule has 0 saturated carbocycles. The standard InChI is InChI=1S/C19H25N3O5.Li.H/c1-11-9-21(18(25)27-19(3,4)5)10-12(2)22(11)17-20-15-13(16(23)24)7-6-8-14(15)26-17;;/h6-8,11-12H,9-10H2,1-5H3,(H,23,24);;/q;+1;-1/t11-,12-;;/m0../s1. The van der Waals surface area contributed by atoms with E-state index in [-0.39, 0.29) is 44.0 Å². The third-order valence-corrected chi connectivity index (χ3v) is 4.43. The molecule has 1 N–H and O–H groups in total. The second kappa shape index (κ2) is 8.06. The van der Waals surface area contributed by atoms with Crippen molar-refractivity contribution in [2.45, 2.75) is 52.3 Å². The zero-order valence-electron chi connectivity index (χ0n) is 18.2. The molecule has 8 nitrogen and oxygen atoms in total. The van der Waals surface area contributed by atoms with Crippen LogP contribution in [-0.2, 0) is 4.74 Å². The van der Waals surface area contributed by atoms with Crippen LogP contribution in [0.5, 0.6) is 0 Å². The van der Waals surface area contributed by atoms with Crippen LogP contribution in [0.4, 0.5) is 10.8 Å². The Balaban J connectivity index is 0.00000210. The molecule has 2 heterocycles. The van der Waals surface area contributed by atoms with Crippen molar-refractivity contribution >= 4 is 29.2 Å². The second-order valence-corrected chi connectivity index (χ2v) is 7.94. The zero-order chi connectivity index (χ0) is 19.9. The molecule has 1 aliphatic heterocycles. The van der Waals surface area contributed by atoms with Crippen molar-refractivity contribution in [1.29, 1.82) is 0 Å². The van der Waals surface area contributed by atoms with Crippen molar-refractivity contribution < 1.29 is 44.1 Å². The molecular formula is C19H26LiN3O5. The predicted octanol–water partition coefficient (Wildman–Crippen LogP) is 0.477. The van der Waals surface area contributed by atoms with Gasteiger partial charge in [0.1, 0.15) is 11.1 Å². The van der Waals surface area contributed by atoms with Crippen LogP contribution in [0.3, 0.4) is 0 Å². The third-order valence-electron chi connectivity index (χ3n) is 4.43. The van der Waals surface area contributed by atoms with Gasteiger partial charge in [-0.15, -0.1) is 0 Å². The number of benzene rings is 1. The van der Waals surface area contributed by atoms with Gasteiger partial charge in [-0.25, -0.2) is 9.59 Å². The van der Waals surface area contributed by atoms with E-state index in [1.165, 1.54) is 6.07 Å². The minimum atomic E-state index is -1.05. The molecule has 2 aromatic rings. The summed E-state index contributed by atoms with van der Waals surface area (Å²) in [6.07, 6.45) is -0.341. The molecule has 2 atom stereocenters. The van der Waals surface area contributed by atoms with Gasteiger partial charge >= 0.3 is 30.9 Å². The number of carboxylic acid groups (broad SMARTS) is 1. The number of hydrogen-bond donors (Lipinski definition) is 1. The number of nitrogens with zero attached hydrogens (tertiary/aromatic N) is 3. The number of carboxylic acids is 1. The fourth-order valence-corrected chi connectivity index (χ4v) is 3.40. The van der Waals surface area contributed by atoms with Gasteiger partial charge in [-0.2, -0.15) is 4.98 Å². The quantitative estimate of drug-likeness (QED) is 0.754. The number of anilines is 1. The predicted molar refractivity (Wildman–Crippen MR) is 101 cm³/mol. The van der Waals surface area contributed by atoms with Crippen LogP contribution >= 0.6 is 0 Å². The van der Waals surface area contributed by atoms with Crippen LogP contribution in [0.15, 0.2) is 22.6 Å². The minimum Gasteiger partial charge on any atom is -1.00 e. The van der Waals surface area contributed by atoms with E-state index in [2.05, 4.69) is 4.98 Å². The Morgan fingerprint density at radius 1 is 1.25 bits per heavy atom. The fraction of sp³-hybridized carbons (Fsp3) is 0.526. The fourth-order valence-electron chi connectivity index (χ4n) is 3.40. The van der Waals surface area contributed by atoms with Crippen LogP contribution in [-0.4, -0.2) is 57.8 Å². The molecule has 1 aliphatic rings. The van der Waals surface area contributed by atoms with E-state index in [4.69, 9.17) is 9.15 Å². The Hall–Kier alpha value is -2.17. The van der Waals surface area contributed by atoms with Crippen LogP contribution < -0.4 is 23.8 Å². The smallest absolute Gasteiger partial charge is 1.00 e. The minimum absolute atomic E-state index is 0. The molecule has 1 saturated heterocycles. The number of ether oxygens (including phenoxy) is 1. The van der Waals surface area contributed by atoms with Gasteiger partial charge in [-0.3, -0.25) is 0 Å². The van der Waals surface area contributed by atoms with E-state index in [9.17, 15) is 14.7 Å². The molecule has 0 aliphatic carbocycles. The average molecular weight is 383 g/mol. The summed E-state index contributed by atoms with van der Waals surface area (Å²) in [5.74, 6) is -1.05. The van der Waals surface area contributed by atoms with E-state index in [0.717, 1.165) is 0 Å². The van der Waals surface area contributed by atoms with E-state index >= 15 is 0 Å². The van der Waals surface area contributed by atoms with Gasteiger partial charge in [0, 0.05) is 25.2 Å². The van der Waals surface area contributed by atoms with Crippen LogP contribution in [0, 0.1) is 0 Å². The molecular weight excluding hydrogens is 357 g/mol. The Labute approximate surface area is 177 Å². The van der Waals surface area contributed by atoms with Gasteiger partial charge in [0.25, 0.3) is 6.01 Å². The van der Waals surface area contributed by atoms with Gasteiger partial charge in [-0.05, 0) is 46.8 Å². The number of hydrogen-bond acceptors (Lipinski definition) is 6. The normalized spacial score (nSPS) is 20.0. The van der Waals surface area contributed by atoms with Crippen LogP contribution in [0.1, 0.15) is 46.4 Å². The number of piperazine rings is 1. The second-order valence-electron chi connectivity index (χ2n) is 7.94. The van der Waals surface area contributed by atoms with Crippen LogP contribution in [0.25, 0.3) is 11.1 Å². The molecule has 9 heteroatoms. The van der Waals surface area contributed by atoms with Crippen molar-refractivity contribution in [3.05, 3.63) is 23.8 Å². The van der Waals surface area contributed by atoms with Crippen molar-refractivity contribution in [1.82, 2.24) is 9.88 Å². The number of amides is 1. The summed E-state index contributed by atoms with van der Waals surface area (Å²) in [6.45, 7) is 10.4. The van der Waals surface area contributed by atoms with Gasteiger partial charge in [0.2, 0.25) is 0 Å². The van der Waals surface area contributed by atoms with Crippen molar-refractivity contribution in [2.75, 3.05) is 18.0 Å². The SMILES string of the molecule is C[C@H]1CN(C(=O)OC(C)(C)C)C[C@H](C)N1c1nc2c(C(=O)O)cccc2o1.[H-].[Li+]. The molecule has 1 amide bonds. The number of para-hydroxylation sites is 1. The van der Waals surface area contributed by atoms with E-state index in [1.807, 2.05) is 39.5 Å². The van der Waals surface area contributed by atoms with E-state index in [0.29, 0.717) is 30.2 Å². The summed E-state index contributed by atoms with van der Waals surface area (Å²) < 4.78 is 11.3. The maximum Gasteiger partial charge on any atom is 1.00 e. The first-order valence-corrected chi connectivity index (χ1v) is 8.96. The van der Waals surface area contributed by atoms with Crippen molar-refractivity contribution in [3.63, 3.8) is 0 Å². The topological polar surface area (TPSA) is 96.1 Å². The molecule has 28 heavy (non-hydrogen) atoms. The first-order chi connectivity index (χ1) is 12.6. The van der Waals surface area contributed by atoms with Crippen molar-refractivity contribution in [3.8, 4) is 0 Å². The summed E-state index contributed by atoms with van der Waals surface area (Å²) in [4.78, 5) is 31.9. The van der Waals surface area contributed by atoms with E-state index in [1.54, 1.807) is 17.0 Å². The van der Waals surface area contributed by atoms with Gasteiger partial charge in [0.15, 0.2) is 5.58 Å². The molecule has 1 fully saturated rings. The summed E-state index contributed by atoms with van der Waals surface area (Å²) in [7, 11) is 0. The molecule has 1 aromatic heterocycles. The summed E-state index contributed by atoms with van der Waals surface area (Å²) in [5, 5.41) is 9.34. The van der Waals surface area contributed by atoms with Gasteiger partial charge in [0.05, 0.1) is 5.56 Å². The molecule has 0 bridgehead atoms. The summed E-state index contributed by atoms with van der Waals surface area (Å²) >= 11 is 0. The summed E-state index contributed by atoms with van der Waals surface area (Å²) in [6, 6.07) is 5.07. The molecule has 0 unspecified atom stereocenters. The molecule has 0 spiro atoms. The first-order valence-electron chi connectivity index (χ1n) is 8.96. The number of carbonyl (C=O) groups is 2. The Morgan fingerprint density at radius 3 is 2.39 bits per heavy atom. The zero-order valence-corrected chi connectivity index (χ0v) is 17.2. The Bertz CT molecular complexity index is 870. The van der Waals surface area contributed by atoms with Gasteiger partial charge in [-0.1, -0.05) is 6.07 Å². The number of aromatic nitrogens is 1. The molecule has 1 aromatic carbocycles. The third kappa shape index (κ3) is 4.45. The number of fused-ring (bicyclic) bond motifs is 1. The maximum atomic E-state index is 12.4. The number of oxazole rings is 1. The Kier molecular flexibility index (Phi) is 6.36. The molecule has 3 rings (SSSR count). The average Bonchev–Trinajstić information content (AvgIpc) is 2.95. The molecule has 148 valence electrons. The summed E-state index contributed by atoms with van der Waals surface area (Å²) in [5.41, 5.74) is 0.317.